The molecule has 0 aromatic heterocycles. The van der Waals surface area contributed by atoms with Crippen molar-refractivity contribution >= 4 is 0 Å². The van der Waals surface area contributed by atoms with Gasteiger partial charge in [-0.3, -0.25) is 0 Å². The second-order valence-electron chi connectivity index (χ2n) is 8.11. The lowest BCUT2D eigenvalue weighted by Gasteiger charge is -2.28. The lowest BCUT2D eigenvalue weighted by Crippen LogP contribution is -2.17. The largest absolute Gasteiger partial charge is 0.507 e. The molecule has 2 nitrogen and oxygen atoms in total. The van der Waals surface area contributed by atoms with Crippen molar-refractivity contribution in [1.82, 2.24) is 0 Å². The highest BCUT2D eigenvalue weighted by molar-refractivity contribution is 5.69. The van der Waals surface area contributed by atoms with E-state index < -0.39 is 0 Å². The molecule has 0 spiro atoms. The van der Waals surface area contributed by atoms with Crippen molar-refractivity contribution in [2.75, 3.05) is 0 Å². The highest BCUT2D eigenvalue weighted by atomic mass is 16.3. The minimum absolute atomic E-state index is 0.146. The topological polar surface area (TPSA) is 44.0 Å². The van der Waals surface area contributed by atoms with Crippen LogP contribution in [0.3, 0.4) is 0 Å². The van der Waals surface area contributed by atoms with E-state index in [1.54, 1.807) is 0 Å². The predicted molar refractivity (Wildman–Crippen MR) is 95.7 cm³/mol. The first-order chi connectivity index (χ1) is 10.5. The molecular formula is C21H25NO. The first-order valence-corrected chi connectivity index (χ1v) is 7.92. The SMILES string of the molecule is CC(C)(C)c1cc(-c2ccc(C#N)cc2)cc(C(C)(C)C)c1O. The molecule has 0 aliphatic heterocycles. The van der Waals surface area contributed by atoms with Crippen molar-refractivity contribution in [2.24, 2.45) is 0 Å². The van der Waals surface area contributed by atoms with Crippen molar-refractivity contribution in [2.45, 2.75) is 52.4 Å². The van der Waals surface area contributed by atoms with E-state index in [4.69, 9.17) is 5.26 Å². The van der Waals surface area contributed by atoms with Crippen LogP contribution in [0.4, 0.5) is 0 Å². The molecule has 0 amide bonds. The van der Waals surface area contributed by atoms with Crippen LogP contribution < -0.4 is 0 Å². The maximum absolute atomic E-state index is 10.8. The number of phenols is 1. The van der Waals surface area contributed by atoms with Crippen molar-refractivity contribution in [1.29, 1.82) is 5.26 Å². The van der Waals surface area contributed by atoms with Crippen LogP contribution in [-0.4, -0.2) is 5.11 Å². The zero-order valence-electron chi connectivity index (χ0n) is 14.9. The minimum Gasteiger partial charge on any atom is -0.507 e. The molecule has 1 N–H and O–H groups in total. The van der Waals surface area contributed by atoms with E-state index in [9.17, 15) is 5.11 Å². The number of rotatable bonds is 1. The first-order valence-electron chi connectivity index (χ1n) is 7.92. The lowest BCUT2D eigenvalue weighted by atomic mass is 9.78. The van der Waals surface area contributed by atoms with E-state index in [-0.39, 0.29) is 10.8 Å². The molecule has 2 aromatic rings. The number of aromatic hydroxyl groups is 1. The average Bonchev–Trinajstić information content (AvgIpc) is 2.45. The molecule has 23 heavy (non-hydrogen) atoms. The summed E-state index contributed by atoms with van der Waals surface area (Å²) in [6.07, 6.45) is 0. The van der Waals surface area contributed by atoms with Crippen molar-refractivity contribution in [3.8, 4) is 22.9 Å². The van der Waals surface area contributed by atoms with Crippen LogP contribution in [-0.2, 0) is 10.8 Å². The highest BCUT2D eigenvalue weighted by Gasteiger charge is 2.26. The fraction of sp³-hybridized carbons (Fsp3) is 0.381. The Morgan fingerprint density at radius 3 is 1.57 bits per heavy atom. The second kappa shape index (κ2) is 5.74. The van der Waals surface area contributed by atoms with Crippen molar-refractivity contribution in [3.63, 3.8) is 0 Å². The van der Waals surface area contributed by atoms with Gasteiger partial charge in [0.15, 0.2) is 0 Å². The molecule has 2 aromatic carbocycles. The number of nitrogens with zero attached hydrogens (tertiary/aromatic N) is 1. The fourth-order valence-electron chi connectivity index (χ4n) is 2.68. The van der Waals surface area contributed by atoms with Gasteiger partial charge >= 0.3 is 0 Å². The van der Waals surface area contributed by atoms with Gasteiger partial charge in [-0.1, -0.05) is 53.7 Å². The number of hydrogen-bond acceptors (Lipinski definition) is 2. The Morgan fingerprint density at radius 1 is 0.783 bits per heavy atom. The van der Waals surface area contributed by atoms with Gasteiger partial charge < -0.3 is 5.11 Å². The van der Waals surface area contributed by atoms with Crippen LogP contribution >= 0.6 is 0 Å². The number of phenolic OH excluding ortho intramolecular Hbond substituents is 1. The van der Waals surface area contributed by atoms with Gasteiger partial charge in [0.2, 0.25) is 0 Å². The zero-order chi connectivity index (χ0) is 17.4. The van der Waals surface area contributed by atoms with Crippen LogP contribution in [0.5, 0.6) is 5.75 Å². The summed E-state index contributed by atoms with van der Waals surface area (Å²) in [5.41, 5.74) is 4.38. The van der Waals surface area contributed by atoms with Gasteiger partial charge in [-0.2, -0.15) is 5.26 Å². The van der Waals surface area contributed by atoms with E-state index in [2.05, 4.69) is 59.7 Å². The lowest BCUT2D eigenvalue weighted by molar-refractivity contribution is 0.423. The summed E-state index contributed by atoms with van der Waals surface area (Å²) in [5, 5.41) is 19.7. The molecule has 0 radical (unpaired) electrons. The maximum Gasteiger partial charge on any atom is 0.123 e. The molecule has 0 atom stereocenters. The molecule has 0 saturated heterocycles. The third kappa shape index (κ3) is 3.56. The maximum atomic E-state index is 10.8. The summed E-state index contributed by atoms with van der Waals surface area (Å²) >= 11 is 0. The third-order valence-electron chi connectivity index (χ3n) is 4.07. The van der Waals surface area contributed by atoms with Gasteiger partial charge in [0.05, 0.1) is 11.6 Å². The normalized spacial score (nSPS) is 12.0. The Labute approximate surface area is 139 Å². The predicted octanol–water partition coefficient (Wildman–Crippen LogP) is 5.53. The summed E-state index contributed by atoms with van der Waals surface area (Å²) in [6, 6.07) is 13.9. The summed E-state index contributed by atoms with van der Waals surface area (Å²) in [6.45, 7) is 12.6. The monoisotopic (exact) mass is 307 g/mol. The summed E-state index contributed by atoms with van der Waals surface area (Å²) in [5.74, 6) is 0.391. The Morgan fingerprint density at radius 2 is 1.22 bits per heavy atom. The standard InChI is InChI=1S/C21H25NO/c1-20(2,3)17-11-16(12-18(19(17)23)21(4,5)6)15-9-7-14(13-22)8-10-15/h7-12,23H,1-6H3. The fourth-order valence-corrected chi connectivity index (χ4v) is 2.68. The van der Waals surface area contributed by atoms with Gasteiger partial charge in [-0.15, -0.1) is 0 Å². The van der Waals surface area contributed by atoms with Crippen LogP contribution in [0, 0.1) is 11.3 Å². The van der Waals surface area contributed by atoms with Gasteiger partial charge in [0.25, 0.3) is 0 Å². The second-order valence-corrected chi connectivity index (χ2v) is 8.11. The van der Waals surface area contributed by atoms with Crippen molar-refractivity contribution in [3.05, 3.63) is 53.1 Å². The van der Waals surface area contributed by atoms with Crippen LogP contribution in [0.2, 0.25) is 0 Å². The van der Waals surface area contributed by atoms with Gasteiger partial charge in [-0.05, 0) is 46.2 Å². The first kappa shape index (κ1) is 17.1. The van der Waals surface area contributed by atoms with E-state index in [1.807, 2.05) is 24.3 Å². The molecule has 0 aliphatic carbocycles. The average molecular weight is 307 g/mol. The summed E-state index contributed by atoms with van der Waals surface area (Å²) < 4.78 is 0. The Hall–Kier alpha value is -2.27. The van der Waals surface area contributed by atoms with E-state index in [1.165, 1.54) is 0 Å². The van der Waals surface area contributed by atoms with Gasteiger partial charge in [-0.25, -0.2) is 0 Å². The smallest absolute Gasteiger partial charge is 0.123 e. The Kier molecular flexibility index (Phi) is 4.26. The molecule has 0 aliphatic rings. The minimum atomic E-state index is -0.146. The quantitative estimate of drug-likeness (QED) is 0.753. The Bertz CT molecular complexity index is 715. The third-order valence-corrected chi connectivity index (χ3v) is 4.07. The highest BCUT2D eigenvalue weighted by Crippen LogP contribution is 2.41. The molecule has 0 unspecified atom stereocenters. The van der Waals surface area contributed by atoms with Crippen LogP contribution in [0.1, 0.15) is 58.2 Å². The van der Waals surface area contributed by atoms with E-state index >= 15 is 0 Å². The molecule has 2 rings (SSSR count). The van der Waals surface area contributed by atoms with E-state index in [0.717, 1.165) is 22.3 Å². The van der Waals surface area contributed by atoms with Crippen molar-refractivity contribution < 1.29 is 5.11 Å². The number of hydrogen-bond donors (Lipinski definition) is 1. The molecule has 0 bridgehead atoms. The van der Waals surface area contributed by atoms with E-state index in [0.29, 0.717) is 11.3 Å². The molecule has 0 saturated carbocycles. The number of nitriles is 1. The van der Waals surface area contributed by atoms with Crippen LogP contribution in [0.15, 0.2) is 36.4 Å². The zero-order valence-corrected chi connectivity index (χ0v) is 14.9. The van der Waals surface area contributed by atoms with Gasteiger partial charge in [0, 0.05) is 11.1 Å². The summed E-state index contributed by atoms with van der Waals surface area (Å²) in [4.78, 5) is 0. The molecule has 0 heterocycles. The summed E-state index contributed by atoms with van der Waals surface area (Å²) in [7, 11) is 0. The molecule has 0 fully saturated rings. The Balaban J connectivity index is 2.71. The molecular weight excluding hydrogens is 282 g/mol. The van der Waals surface area contributed by atoms with Crippen LogP contribution in [0.25, 0.3) is 11.1 Å². The number of benzene rings is 2. The molecule has 2 heteroatoms. The molecule has 120 valence electrons. The van der Waals surface area contributed by atoms with Gasteiger partial charge in [0.1, 0.15) is 5.75 Å².